The summed E-state index contributed by atoms with van der Waals surface area (Å²) in [6, 6.07) is 0. The maximum absolute atomic E-state index is 5.71. The summed E-state index contributed by atoms with van der Waals surface area (Å²) in [5, 5.41) is 0.576. The molecule has 0 aromatic rings. The fraction of sp³-hybridized carbons (Fsp3) is 1.00. The molecule has 1 aliphatic carbocycles. The van der Waals surface area contributed by atoms with E-state index < -0.39 is 0 Å². The average Bonchev–Trinajstić information content (AvgIpc) is 1.85. The molecule has 11 heavy (non-hydrogen) atoms. The number of ether oxygens (including phenoxy) is 1. The van der Waals surface area contributed by atoms with Crippen LogP contribution in [0.15, 0.2) is 0 Å². The second kappa shape index (κ2) is 4.36. The van der Waals surface area contributed by atoms with Crippen molar-refractivity contribution < 1.29 is 4.74 Å². The van der Waals surface area contributed by atoms with Gasteiger partial charge in [-0.2, -0.15) is 12.6 Å². The Morgan fingerprint density at radius 3 is 2.64 bits per heavy atom. The molecule has 0 radical (unpaired) electrons. The SMILES string of the molecule is CC(C)OC1CCCC(S)C1. The molecule has 1 saturated carbocycles. The van der Waals surface area contributed by atoms with Gasteiger partial charge in [-0.15, -0.1) is 0 Å². The fourth-order valence-corrected chi connectivity index (χ4v) is 2.05. The lowest BCUT2D eigenvalue weighted by Gasteiger charge is -2.27. The van der Waals surface area contributed by atoms with Crippen LogP contribution in [0.5, 0.6) is 0 Å². The van der Waals surface area contributed by atoms with Crippen molar-refractivity contribution in [2.24, 2.45) is 0 Å². The summed E-state index contributed by atoms with van der Waals surface area (Å²) >= 11 is 4.46. The molecule has 0 spiro atoms. The smallest absolute Gasteiger partial charge is 0.0589 e. The molecule has 0 bridgehead atoms. The normalized spacial score (nSPS) is 32.7. The van der Waals surface area contributed by atoms with Gasteiger partial charge < -0.3 is 4.74 Å². The Bertz CT molecular complexity index is 112. The van der Waals surface area contributed by atoms with Gasteiger partial charge in [0.05, 0.1) is 12.2 Å². The van der Waals surface area contributed by atoms with Crippen molar-refractivity contribution >= 4 is 12.6 Å². The van der Waals surface area contributed by atoms with Crippen LogP contribution in [0.4, 0.5) is 0 Å². The Hall–Kier alpha value is 0.310. The molecule has 0 N–H and O–H groups in total. The topological polar surface area (TPSA) is 9.23 Å². The second-order valence-corrected chi connectivity index (χ2v) is 4.36. The summed E-state index contributed by atoms with van der Waals surface area (Å²) < 4.78 is 5.71. The van der Waals surface area contributed by atoms with Gasteiger partial charge in [0.25, 0.3) is 0 Å². The van der Waals surface area contributed by atoms with Crippen LogP contribution in [0, 0.1) is 0 Å². The molecule has 2 unspecified atom stereocenters. The first kappa shape index (κ1) is 9.40. The molecule has 1 rings (SSSR count). The van der Waals surface area contributed by atoms with E-state index in [1.807, 2.05) is 0 Å². The highest BCUT2D eigenvalue weighted by Crippen LogP contribution is 2.25. The van der Waals surface area contributed by atoms with Gasteiger partial charge in [-0.3, -0.25) is 0 Å². The van der Waals surface area contributed by atoms with Crippen molar-refractivity contribution in [3.63, 3.8) is 0 Å². The van der Waals surface area contributed by atoms with Gasteiger partial charge in [0.2, 0.25) is 0 Å². The van der Waals surface area contributed by atoms with E-state index >= 15 is 0 Å². The minimum absolute atomic E-state index is 0.374. The lowest BCUT2D eigenvalue weighted by Crippen LogP contribution is -2.25. The molecular weight excluding hydrogens is 156 g/mol. The summed E-state index contributed by atoms with van der Waals surface area (Å²) in [7, 11) is 0. The van der Waals surface area contributed by atoms with Crippen LogP contribution in [-0.2, 0) is 4.74 Å². The summed E-state index contributed by atoms with van der Waals surface area (Å²) in [5.41, 5.74) is 0. The molecule has 0 aliphatic heterocycles. The Morgan fingerprint density at radius 2 is 2.09 bits per heavy atom. The third kappa shape index (κ3) is 3.48. The van der Waals surface area contributed by atoms with Crippen molar-refractivity contribution in [1.29, 1.82) is 0 Å². The first-order chi connectivity index (χ1) is 5.18. The van der Waals surface area contributed by atoms with Crippen LogP contribution in [-0.4, -0.2) is 17.5 Å². The summed E-state index contributed by atoms with van der Waals surface area (Å²) in [4.78, 5) is 0. The van der Waals surface area contributed by atoms with E-state index in [1.165, 1.54) is 19.3 Å². The highest BCUT2D eigenvalue weighted by Gasteiger charge is 2.20. The molecule has 2 atom stereocenters. The van der Waals surface area contributed by atoms with Crippen molar-refractivity contribution in [2.75, 3.05) is 0 Å². The van der Waals surface area contributed by atoms with Gasteiger partial charge in [-0.1, -0.05) is 0 Å². The van der Waals surface area contributed by atoms with Crippen LogP contribution in [0.3, 0.4) is 0 Å². The maximum Gasteiger partial charge on any atom is 0.0589 e. The molecule has 1 aliphatic rings. The van der Waals surface area contributed by atoms with Crippen molar-refractivity contribution in [1.82, 2.24) is 0 Å². The number of rotatable bonds is 2. The fourth-order valence-electron chi connectivity index (χ4n) is 1.63. The Labute approximate surface area is 74.9 Å². The van der Waals surface area contributed by atoms with Gasteiger partial charge in [0, 0.05) is 5.25 Å². The van der Waals surface area contributed by atoms with Gasteiger partial charge >= 0.3 is 0 Å². The Balaban J connectivity index is 2.23. The van der Waals surface area contributed by atoms with E-state index in [1.54, 1.807) is 0 Å². The van der Waals surface area contributed by atoms with E-state index in [9.17, 15) is 0 Å². The summed E-state index contributed by atoms with van der Waals surface area (Å²) in [6.07, 6.45) is 5.77. The van der Waals surface area contributed by atoms with Gasteiger partial charge in [0.1, 0.15) is 0 Å². The Morgan fingerprint density at radius 1 is 1.36 bits per heavy atom. The van der Waals surface area contributed by atoms with E-state index in [0.717, 1.165) is 6.42 Å². The third-order valence-electron chi connectivity index (χ3n) is 2.06. The molecule has 0 aromatic heterocycles. The zero-order valence-corrected chi connectivity index (χ0v) is 8.31. The van der Waals surface area contributed by atoms with E-state index in [0.29, 0.717) is 17.5 Å². The van der Waals surface area contributed by atoms with Gasteiger partial charge in [0.15, 0.2) is 0 Å². The first-order valence-electron chi connectivity index (χ1n) is 4.52. The first-order valence-corrected chi connectivity index (χ1v) is 5.03. The number of hydrogen-bond donors (Lipinski definition) is 1. The molecule has 0 saturated heterocycles. The van der Waals surface area contributed by atoms with Gasteiger partial charge in [-0.25, -0.2) is 0 Å². The monoisotopic (exact) mass is 174 g/mol. The molecule has 0 heterocycles. The minimum atomic E-state index is 0.374. The largest absolute Gasteiger partial charge is 0.376 e. The van der Waals surface area contributed by atoms with Crippen molar-refractivity contribution in [2.45, 2.75) is 57.0 Å². The third-order valence-corrected chi connectivity index (χ3v) is 2.53. The predicted octanol–water partition coefficient (Wildman–Crippen LogP) is 2.65. The highest BCUT2D eigenvalue weighted by molar-refractivity contribution is 7.80. The zero-order chi connectivity index (χ0) is 8.27. The zero-order valence-electron chi connectivity index (χ0n) is 7.42. The average molecular weight is 174 g/mol. The van der Waals surface area contributed by atoms with Crippen LogP contribution >= 0.6 is 12.6 Å². The lowest BCUT2D eigenvalue weighted by atomic mass is 9.97. The lowest BCUT2D eigenvalue weighted by molar-refractivity contribution is -0.0103. The molecular formula is C9H18OS. The minimum Gasteiger partial charge on any atom is -0.376 e. The van der Waals surface area contributed by atoms with Crippen LogP contribution in [0.25, 0.3) is 0 Å². The summed E-state index contributed by atoms with van der Waals surface area (Å²) in [6.45, 7) is 4.20. The van der Waals surface area contributed by atoms with Crippen LogP contribution in [0.2, 0.25) is 0 Å². The van der Waals surface area contributed by atoms with Crippen LogP contribution < -0.4 is 0 Å². The second-order valence-electron chi connectivity index (χ2n) is 3.63. The molecule has 2 heteroatoms. The number of thiol groups is 1. The van der Waals surface area contributed by atoms with E-state index in [-0.39, 0.29) is 0 Å². The van der Waals surface area contributed by atoms with Crippen molar-refractivity contribution in [3.05, 3.63) is 0 Å². The highest BCUT2D eigenvalue weighted by atomic mass is 32.1. The maximum atomic E-state index is 5.71. The Kier molecular flexibility index (Phi) is 3.73. The van der Waals surface area contributed by atoms with Crippen LogP contribution in [0.1, 0.15) is 39.5 Å². The quantitative estimate of drug-likeness (QED) is 0.633. The molecule has 66 valence electrons. The van der Waals surface area contributed by atoms with E-state index in [2.05, 4.69) is 26.5 Å². The van der Waals surface area contributed by atoms with Gasteiger partial charge in [-0.05, 0) is 39.5 Å². The summed E-state index contributed by atoms with van der Waals surface area (Å²) in [5.74, 6) is 0. The van der Waals surface area contributed by atoms with Crippen molar-refractivity contribution in [3.8, 4) is 0 Å². The molecule has 1 nitrogen and oxygen atoms in total. The predicted molar refractivity (Wildman–Crippen MR) is 51.3 cm³/mol. The molecule has 0 aromatic carbocycles. The molecule has 0 amide bonds. The van der Waals surface area contributed by atoms with E-state index in [4.69, 9.17) is 4.74 Å². The number of hydrogen-bond acceptors (Lipinski definition) is 2. The molecule has 1 fully saturated rings. The standard InChI is InChI=1S/C9H18OS/c1-7(2)10-8-4-3-5-9(11)6-8/h7-9,11H,3-6H2,1-2H3.